The van der Waals surface area contributed by atoms with E-state index in [1.54, 1.807) is 11.4 Å². The van der Waals surface area contributed by atoms with Crippen molar-refractivity contribution >= 4 is 10.2 Å². The van der Waals surface area contributed by atoms with Crippen LogP contribution in [0, 0.1) is 0 Å². The summed E-state index contributed by atoms with van der Waals surface area (Å²) >= 11 is 0. The topological polar surface area (TPSA) is 60.9 Å². The number of rotatable bonds is 5. The molecule has 1 atom stereocenters. The van der Waals surface area contributed by atoms with Crippen LogP contribution in [0.3, 0.4) is 0 Å². The van der Waals surface area contributed by atoms with Crippen molar-refractivity contribution in [1.29, 1.82) is 0 Å². The molecule has 5 nitrogen and oxygen atoms in total. The summed E-state index contributed by atoms with van der Waals surface area (Å²) in [5.74, 6) is 0. The second kappa shape index (κ2) is 6.13. The van der Waals surface area contributed by atoms with Crippen LogP contribution >= 0.6 is 0 Å². The van der Waals surface area contributed by atoms with Gasteiger partial charge in [0.1, 0.15) is 0 Å². The Morgan fingerprint density at radius 3 is 2.59 bits per heavy atom. The van der Waals surface area contributed by atoms with Gasteiger partial charge in [0.15, 0.2) is 0 Å². The molecular weight excluding hydrogens is 240 g/mol. The van der Waals surface area contributed by atoms with E-state index in [0.29, 0.717) is 13.0 Å². The first-order valence-electron chi connectivity index (χ1n) is 6.27. The molecule has 0 aromatic heterocycles. The number of hydrogen-bond acceptors (Lipinski definition) is 3. The van der Waals surface area contributed by atoms with E-state index in [1.165, 1.54) is 4.31 Å². The quantitative estimate of drug-likeness (QED) is 0.799. The monoisotopic (exact) mass is 264 g/mol. The molecule has 0 aromatic carbocycles. The number of piperidine rings is 1. The summed E-state index contributed by atoms with van der Waals surface area (Å²) < 4.78 is 27.7. The lowest BCUT2D eigenvalue weighted by molar-refractivity contribution is 0.182. The summed E-state index contributed by atoms with van der Waals surface area (Å²) in [6, 6.07) is -0.0864. The maximum absolute atomic E-state index is 12.4. The Kier molecular flexibility index (Phi) is 5.37. The fraction of sp³-hybridized carbons (Fsp3) is 1.00. The number of aliphatic hydroxyl groups excluding tert-OH is 1. The van der Waals surface area contributed by atoms with Crippen LogP contribution in [-0.2, 0) is 10.2 Å². The molecular formula is C11H24N2O3S. The number of hydrogen-bond donors (Lipinski definition) is 1. The summed E-state index contributed by atoms with van der Waals surface area (Å²) in [6.45, 7) is 4.34. The average Bonchev–Trinajstić information content (AvgIpc) is 2.29. The molecule has 1 fully saturated rings. The Balaban J connectivity index is 2.86. The minimum absolute atomic E-state index is 0.0417. The fourth-order valence-electron chi connectivity index (χ4n) is 2.15. The molecule has 0 aromatic rings. The van der Waals surface area contributed by atoms with Crippen LogP contribution in [0.4, 0.5) is 0 Å². The summed E-state index contributed by atoms with van der Waals surface area (Å²) in [5.41, 5.74) is 0. The molecule has 0 bridgehead atoms. The van der Waals surface area contributed by atoms with E-state index in [0.717, 1.165) is 19.3 Å². The Morgan fingerprint density at radius 1 is 1.41 bits per heavy atom. The van der Waals surface area contributed by atoms with Gasteiger partial charge in [-0.3, -0.25) is 0 Å². The third-order valence-electron chi connectivity index (χ3n) is 3.42. The standard InChI is InChI=1S/C11H24N2O3S/c1-10(2)12(3)17(15,16)13-8-5-4-6-11(13)7-9-14/h10-11,14H,4-9H2,1-3H3. The smallest absolute Gasteiger partial charge is 0.282 e. The molecule has 0 spiro atoms. The molecule has 1 N–H and O–H groups in total. The summed E-state index contributed by atoms with van der Waals surface area (Å²) in [6.07, 6.45) is 3.34. The molecule has 102 valence electrons. The predicted octanol–water partition coefficient (Wildman–Crippen LogP) is 0.808. The van der Waals surface area contributed by atoms with Crippen LogP contribution in [0.25, 0.3) is 0 Å². The minimum atomic E-state index is -3.38. The van der Waals surface area contributed by atoms with Gasteiger partial charge in [0.2, 0.25) is 0 Å². The summed E-state index contributed by atoms with van der Waals surface area (Å²) in [4.78, 5) is 0. The van der Waals surface area contributed by atoms with Crippen LogP contribution in [0.15, 0.2) is 0 Å². The van der Waals surface area contributed by atoms with E-state index < -0.39 is 10.2 Å². The van der Waals surface area contributed by atoms with Crippen LogP contribution in [0.5, 0.6) is 0 Å². The highest BCUT2D eigenvalue weighted by atomic mass is 32.2. The van der Waals surface area contributed by atoms with E-state index in [-0.39, 0.29) is 18.7 Å². The van der Waals surface area contributed by atoms with Crippen molar-refractivity contribution in [1.82, 2.24) is 8.61 Å². The van der Waals surface area contributed by atoms with Gasteiger partial charge in [0, 0.05) is 32.3 Å². The second-order valence-corrected chi connectivity index (χ2v) is 6.83. The van der Waals surface area contributed by atoms with Crippen molar-refractivity contribution in [2.45, 2.75) is 51.6 Å². The Hall–Kier alpha value is -0.170. The van der Waals surface area contributed by atoms with Crippen LogP contribution < -0.4 is 0 Å². The molecule has 1 rings (SSSR count). The highest BCUT2D eigenvalue weighted by Crippen LogP contribution is 2.24. The zero-order valence-electron chi connectivity index (χ0n) is 11.0. The van der Waals surface area contributed by atoms with Crippen molar-refractivity contribution in [3.05, 3.63) is 0 Å². The first-order chi connectivity index (χ1) is 7.91. The van der Waals surface area contributed by atoms with Gasteiger partial charge in [-0.1, -0.05) is 6.42 Å². The SMILES string of the molecule is CC(C)N(C)S(=O)(=O)N1CCCCC1CCO. The van der Waals surface area contributed by atoms with Gasteiger partial charge in [-0.15, -0.1) is 0 Å². The molecule has 0 radical (unpaired) electrons. The number of nitrogens with zero attached hydrogens (tertiary/aromatic N) is 2. The molecule has 1 saturated heterocycles. The first-order valence-corrected chi connectivity index (χ1v) is 7.66. The second-order valence-electron chi connectivity index (χ2n) is 4.89. The largest absolute Gasteiger partial charge is 0.396 e. The Bertz CT molecular complexity index is 328. The summed E-state index contributed by atoms with van der Waals surface area (Å²) in [7, 11) is -1.76. The average molecular weight is 264 g/mol. The Morgan fingerprint density at radius 2 is 2.06 bits per heavy atom. The van der Waals surface area contributed by atoms with Gasteiger partial charge in [-0.05, 0) is 33.1 Å². The molecule has 1 unspecified atom stereocenters. The van der Waals surface area contributed by atoms with Crippen LogP contribution in [0.1, 0.15) is 39.5 Å². The maximum Gasteiger partial charge on any atom is 0.282 e. The van der Waals surface area contributed by atoms with E-state index in [1.807, 2.05) is 13.8 Å². The van der Waals surface area contributed by atoms with Crippen molar-refractivity contribution in [3.63, 3.8) is 0 Å². The first kappa shape index (κ1) is 14.9. The third-order valence-corrected chi connectivity index (χ3v) is 5.65. The normalized spacial score (nSPS) is 23.5. The Labute approximate surface area is 105 Å². The van der Waals surface area contributed by atoms with Gasteiger partial charge in [0.05, 0.1) is 0 Å². The van der Waals surface area contributed by atoms with Crippen molar-refractivity contribution in [3.8, 4) is 0 Å². The predicted molar refractivity (Wildman–Crippen MR) is 67.9 cm³/mol. The molecule has 0 amide bonds. The third kappa shape index (κ3) is 3.40. The summed E-state index contributed by atoms with van der Waals surface area (Å²) in [5, 5.41) is 9.01. The van der Waals surface area contributed by atoms with Gasteiger partial charge >= 0.3 is 0 Å². The molecule has 0 saturated carbocycles. The zero-order valence-corrected chi connectivity index (χ0v) is 11.8. The number of aliphatic hydroxyl groups is 1. The van der Waals surface area contributed by atoms with Gasteiger partial charge in [-0.25, -0.2) is 0 Å². The van der Waals surface area contributed by atoms with Gasteiger partial charge in [0.25, 0.3) is 10.2 Å². The van der Waals surface area contributed by atoms with Gasteiger partial charge in [-0.2, -0.15) is 17.0 Å². The molecule has 6 heteroatoms. The van der Waals surface area contributed by atoms with E-state index >= 15 is 0 Å². The molecule has 0 aliphatic carbocycles. The van der Waals surface area contributed by atoms with E-state index in [9.17, 15) is 8.42 Å². The van der Waals surface area contributed by atoms with E-state index in [2.05, 4.69) is 0 Å². The fourth-order valence-corrected chi connectivity index (χ4v) is 3.96. The molecule has 1 aliphatic heterocycles. The van der Waals surface area contributed by atoms with Crippen molar-refractivity contribution in [2.75, 3.05) is 20.2 Å². The lowest BCUT2D eigenvalue weighted by Gasteiger charge is -2.37. The van der Waals surface area contributed by atoms with E-state index in [4.69, 9.17) is 5.11 Å². The highest BCUT2D eigenvalue weighted by Gasteiger charge is 2.35. The lowest BCUT2D eigenvalue weighted by Crippen LogP contribution is -2.51. The molecule has 1 heterocycles. The van der Waals surface area contributed by atoms with Crippen LogP contribution in [0.2, 0.25) is 0 Å². The van der Waals surface area contributed by atoms with Gasteiger partial charge < -0.3 is 5.11 Å². The zero-order chi connectivity index (χ0) is 13.1. The lowest BCUT2D eigenvalue weighted by atomic mass is 10.0. The highest BCUT2D eigenvalue weighted by molar-refractivity contribution is 7.86. The molecule has 17 heavy (non-hydrogen) atoms. The van der Waals surface area contributed by atoms with Crippen molar-refractivity contribution in [2.24, 2.45) is 0 Å². The maximum atomic E-state index is 12.4. The minimum Gasteiger partial charge on any atom is -0.396 e. The van der Waals surface area contributed by atoms with Crippen LogP contribution in [-0.4, -0.2) is 54.4 Å². The molecule has 1 aliphatic rings. The van der Waals surface area contributed by atoms with Crippen molar-refractivity contribution < 1.29 is 13.5 Å².